The van der Waals surface area contributed by atoms with Crippen LogP contribution in [0.25, 0.3) is 0 Å². The second-order valence-electron chi connectivity index (χ2n) is 6.44. The van der Waals surface area contributed by atoms with E-state index < -0.39 is 0 Å². The minimum atomic E-state index is 0.0944. The number of nitrogens with zero attached hydrogens (tertiary/aromatic N) is 2. The molecule has 1 fully saturated rings. The number of aliphatic hydroxyl groups excluding tert-OH is 2. The molecule has 23 heavy (non-hydrogen) atoms. The molecule has 2 atom stereocenters. The van der Waals surface area contributed by atoms with Crippen molar-refractivity contribution < 1.29 is 15.0 Å². The number of aliphatic hydroxyl groups is 2. The van der Waals surface area contributed by atoms with Gasteiger partial charge in [0.2, 0.25) is 0 Å². The first-order chi connectivity index (χ1) is 11.0. The van der Waals surface area contributed by atoms with Gasteiger partial charge >= 0.3 is 0 Å². The Labute approximate surface area is 142 Å². The molecule has 2 rings (SSSR count). The van der Waals surface area contributed by atoms with Crippen molar-refractivity contribution in [2.45, 2.75) is 20.3 Å². The van der Waals surface area contributed by atoms with Crippen molar-refractivity contribution in [1.29, 1.82) is 0 Å². The molecule has 1 saturated heterocycles. The van der Waals surface area contributed by atoms with E-state index in [1.165, 1.54) is 4.88 Å². The van der Waals surface area contributed by atoms with Crippen LogP contribution in [0.1, 0.15) is 27.7 Å². The van der Waals surface area contributed by atoms with Gasteiger partial charge in [0, 0.05) is 49.0 Å². The second-order valence-corrected chi connectivity index (χ2v) is 7.52. The lowest BCUT2D eigenvalue weighted by molar-refractivity contribution is 0.0778. The maximum atomic E-state index is 12.9. The largest absolute Gasteiger partial charge is 0.396 e. The van der Waals surface area contributed by atoms with Gasteiger partial charge in [0.25, 0.3) is 5.91 Å². The maximum absolute atomic E-state index is 12.9. The highest BCUT2D eigenvalue weighted by molar-refractivity contribution is 7.10. The van der Waals surface area contributed by atoms with E-state index in [0.29, 0.717) is 19.6 Å². The van der Waals surface area contributed by atoms with Crippen LogP contribution in [0.15, 0.2) is 5.38 Å². The summed E-state index contributed by atoms with van der Waals surface area (Å²) in [5.41, 5.74) is 1.98. The average molecular weight is 340 g/mol. The van der Waals surface area contributed by atoms with Gasteiger partial charge in [0.15, 0.2) is 0 Å². The highest BCUT2D eigenvalue weighted by Gasteiger charge is 2.36. The topological polar surface area (TPSA) is 64.0 Å². The van der Waals surface area contributed by atoms with Crippen molar-refractivity contribution in [3.63, 3.8) is 0 Å². The van der Waals surface area contributed by atoms with Gasteiger partial charge in [-0.25, -0.2) is 0 Å². The first-order valence-corrected chi connectivity index (χ1v) is 9.16. The quantitative estimate of drug-likeness (QED) is 0.783. The Bertz CT molecular complexity index is 532. The number of hydrogen-bond acceptors (Lipinski definition) is 5. The highest BCUT2D eigenvalue weighted by atomic mass is 32.1. The Morgan fingerprint density at radius 2 is 2.09 bits per heavy atom. The summed E-state index contributed by atoms with van der Waals surface area (Å²) in [5.74, 6) is 0.465. The van der Waals surface area contributed by atoms with Gasteiger partial charge in [0.05, 0.1) is 12.2 Å². The van der Waals surface area contributed by atoms with Gasteiger partial charge in [-0.1, -0.05) is 6.92 Å². The van der Waals surface area contributed by atoms with Gasteiger partial charge in [-0.15, -0.1) is 11.3 Å². The van der Waals surface area contributed by atoms with Crippen LogP contribution in [0.2, 0.25) is 0 Å². The van der Waals surface area contributed by atoms with E-state index in [4.69, 9.17) is 5.11 Å². The number of amides is 1. The first-order valence-electron chi connectivity index (χ1n) is 8.28. The van der Waals surface area contributed by atoms with Gasteiger partial charge in [-0.3, -0.25) is 4.79 Å². The number of carbonyl (C=O) groups excluding carboxylic acids is 1. The van der Waals surface area contributed by atoms with E-state index in [0.717, 1.165) is 24.1 Å². The molecule has 0 saturated carbocycles. The van der Waals surface area contributed by atoms with E-state index in [-0.39, 0.29) is 31.0 Å². The normalized spacial score (nSPS) is 21.4. The highest BCUT2D eigenvalue weighted by Crippen LogP contribution is 2.29. The van der Waals surface area contributed by atoms with Crippen molar-refractivity contribution in [3.05, 3.63) is 21.4 Å². The summed E-state index contributed by atoms with van der Waals surface area (Å²) in [6.07, 6.45) is 0.871. The molecule has 0 aliphatic carbocycles. The van der Waals surface area contributed by atoms with E-state index in [2.05, 4.69) is 18.7 Å². The molecule has 0 spiro atoms. The standard InChI is InChI=1S/C17H28N2O3S/c1-4-15-12(2)23-11-16(15)17(22)19-8-13(14(9-19)10-21)7-18(3)5-6-20/h11,13-14,20-21H,4-10H2,1-3H3/t13-,14-/m1/s1. The molecule has 1 aliphatic heterocycles. The van der Waals surface area contributed by atoms with E-state index in [9.17, 15) is 9.90 Å². The van der Waals surface area contributed by atoms with Crippen molar-refractivity contribution in [3.8, 4) is 0 Å². The monoisotopic (exact) mass is 340 g/mol. The predicted octanol–water partition coefficient (Wildman–Crippen LogP) is 1.22. The maximum Gasteiger partial charge on any atom is 0.255 e. The Morgan fingerprint density at radius 1 is 1.39 bits per heavy atom. The Hall–Kier alpha value is -0.950. The summed E-state index contributed by atoms with van der Waals surface area (Å²) in [7, 11) is 1.96. The number of thiophene rings is 1. The fourth-order valence-electron chi connectivity index (χ4n) is 3.45. The lowest BCUT2D eigenvalue weighted by Crippen LogP contribution is -2.33. The fourth-order valence-corrected chi connectivity index (χ4v) is 4.38. The smallest absolute Gasteiger partial charge is 0.255 e. The fraction of sp³-hybridized carbons (Fsp3) is 0.706. The zero-order chi connectivity index (χ0) is 17.0. The number of likely N-dealkylation sites (tertiary alicyclic amines) is 1. The summed E-state index contributed by atoms with van der Waals surface area (Å²) >= 11 is 1.63. The zero-order valence-corrected chi connectivity index (χ0v) is 15.1. The molecule has 1 aromatic rings. The Balaban J connectivity index is 2.07. The van der Waals surface area contributed by atoms with Gasteiger partial charge < -0.3 is 20.0 Å². The predicted molar refractivity (Wildman–Crippen MR) is 93.0 cm³/mol. The van der Waals surface area contributed by atoms with E-state index >= 15 is 0 Å². The molecule has 0 bridgehead atoms. The molecule has 5 nitrogen and oxygen atoms in total. The first kappa shape index (κ1) is 18.4. The van der Waals surface area contributed by atoms with Crippen LogP contribution in [0, 0.1) is 18.8 Å². The van der Waals surface area contributed by atoms with Crippen LogP contribution in [0.5, 0.6) is 0 Å². The van der Waals surface area contributed by atoms with Gasteiger partial charge in [-0.05, 0) is 31.9 Å². The molecule has 0 unspecified atom stereocenters. The minimum Gasteiger partial charge on any atom is -0.396 e. The molecule has 1 amide bonds. The van der Waals surface area contributed by atoms with Gasteiger partial charge in [-0.2, -0.15) is 0 Å². The third-order valence-corrected chi connectivity index (χ3v) is 5.77. The number of aryl methyl sites for hydroxylation is 1. The number of carbonyl (C=O) groups is 1. The van der Waals surface area contributed by atoms with Crippen LogP contribution in [-0.4, -0.2) is 72.4 Å². The van der Waals surface area contributed by atoms with Crippen molar-refractivity contribution in [1.82, 2.24) is 9.80 Å². The Kier molecular flexibility index (Phi) is 6.59. The molecule has 0 aromatic carbocycles. The molecular weight excluding hydrogens is 312 g/mol. The Morgan fingerprint density at radius 3 is 2.70 bits per heavy atom. The second kappa shape index (κ2) is 8.24. The van der Waals surface area contributed by atoms with E-state index in [1.54, 1.807) is 11.3 Å². The lowest BCUT2D eigenvalue weighted by Gasteiger charge is -2.23. The van der Waals surface area contributed by atoms with Crippen LogP contribution < -0.4 is 0 Å². The van der Waals surface area contributed by atoms with E-state index in [1.807, 2.05) is 17.3 Å². The average Bonchev–Trinajstić information content (AvgIpc) is 3.10. The third-order valence-electron chi connectivity index (χ3n) is 4.81. The molecule has 1 aliphatic rings. The molecule has 130 valence electrons. The molecule has 1 aromatic heterocycles. The van der Waals surface area contributed by atoms with Crippen LogP contribution in [0.3, 0.4) is 0 Å². The SMILES string of the molecule is CCc1c(C(=O)N2C[C@@H](CN(C)CCO)[C@@H](CO)C2)csc1C. The minimum absolute atomic E-state index is 0.0944. The summed E-state index contributed by atoms with van der Waals surface area (Å²) in [6.45, 7) is 7.08. The third kappa shape index (κ3) is 4.12. The van der Waals surface area contributed by atoms with Crippen LogP contribution >= 0.6 is 11.3 Å². The number of rotatable bonds is 7. The summed E-state index contributed by atoms with van der Waals surface area (Å²) < 4.78 is 0. The molecule has 2 N–H and O–H groups in total. The molecule has 6 heteroatoms. The van der Waals surface area contributed by atoms with Gasteiger partial charge in [0.1, 0.15) is 0 Å². The van der Waals surface area contributed by atoms with Crippen molar-refractivity contribution >= 4 is 17.2 Å². The molecular formula is C17H28N2O3S. The van der Waals surface area contributed by atoms with Crippen LogP contribution in [-0.2, 0) is 6.42 Å². The number of likely N-dealkylation sites (N-methyl/N-ethyl adjacent to an activating group) is 1. The van der Waals surface area contributed by atoms with Crippen LogP contribution in [0.4, 0.5) is 0 Å². The lowest BCUT2D eigenvalue weighted by atomic mass is 9.96. The van der Waals surface area contributed by atoms with Crippen molar-refractivity contribution in [2.75, 3.05) is 46.4 Å². The summed E-state index contributed by atoms with van der Waals surface area (Å²) in [5, 5.41) is 20.6. The molecule has 2 heterocycles. The number of hydrogen-bond donors (Lipinski definition) is 2. The van der Waals surface area contributed by atoms with Crippen molar-refractivity contribution in [2.24, 2.45) is 11.8 Å². The summed E-state index contributed by atoms with van der Waals surface area (Å²) in [4.78, 5) is 18.0. The molecule has 0 radical (unpaired) electrons. The zero-order valence-electron chi connectivity index (χ0n) is 14.3. The summed E-state index contributed by atoms with van der Waals surface area (Å²) in [6, 6.07) is 0.